The average molecular weight is 311 g/mol. The summed E-state index contributed by atoms with van der Waals surface area (Å²) in [6.07, 6.45) is -4.39. The van der Waals surface area contributed by atoms with Crippen LogP contribution >= 0.6 is 0 Å². The number of aliphatic hydroxyl groups is 1. The van der Waals surface area contributed by atoms with Crippen LogP contribution in [0.5, 0.6) is 0 Å². The molecule has 1 N–H and O–H groups in total. The van der Waals surface area contributed by atoms with Gasteiger partial charge < -0.3 is 0 Å². The topological polar surface area (TPSA) is 20.2 Å². The SMILES string of the molecule is CCCC[C@@H]([I-]C)[C@@H](O)C(F)(F)F. The summed E-state index contributed by atoms with van der Waals surface area (Å²) >= 11 is -0.547. The summed E-state index contributed by atoms with van der Waals surface area (Å²) < 4.78 is 35.7. The van der Waals surface area contributed by atoms with Crippen molar-refractivity contribution in [2.45, 2.75) is 42.4 Å². The van der Waals surface area contributed by atoms with Crippen molar-refractivity contribution in [2.75, 3.05) is 4.93 Å². The summed E-state index contributed by atoms with van der Waals surface area (Å²) in [5.74, 6) is 0. The fourth-order valence-corrected chi connectivity index (χ4v) is 3.14. The summed E-state index contributed by atoms with van der Waals surface area (Å²) in [5, 5.41) is 8.97. The first-order valence-corrected chi connectivity index (χ1v) is 7.56. The van der Waals surface area contributed by atoms with Crippen LogP contribution in [0.25, 0.3) is 0 Å². The Morgan fingerprint density at radius 3 is 2.23 bits per heavy atom. The van der Waals surface area contributed by atoms with Crippen LogP contribution in [0.15, 0.2) is 0 Å². The fourth-order valence-electron chi connectivity index (χ4n) is 0.991. The van der Waals surface area contributed by atoms with Gasteiger partial charge in [-0.3, -0.25) is 0 Å². The molecule has 0 rings (SSSR count). The van der Waals surface area contributed by atoms with E-state index in [9.17, 15) is 13.2 Å². The predicted molar refractivity (Wildman–Crippen MR) is 41.3 cm³/mol. The molecule has 0 bridgehead atoms. The standard InChI is InChI=1S/C8H15F3IO/c1-3-4-5-6(12-2)7(13)8(9,10)11/h6-7,13H,3-5H2,1-2H3/q-1/t6-,7-/m1/s1. The number of unbranched alkanes of at least 4 members (excludes halogenated alkanes) is 1. The Bertz CT molecular complexity index is 138. The van der Waals surface area contributed by atoms with Gasteiger partial charge >= 0.3 is 86.8 Å². The first-order valence-electron chi connectivity index (χ1n) is 4.16. The molecular weight excluding hydrogens is 296 g/mol. The molecule has 5 heteroatoms. The molecule has 82 valence electrons. The van der Waals surface area contributed by atoms with E-state index in [1.165, 1.54) is 0 Å². The summed E-state index contributed by atoms with van der Waals surface area (Å²) in [4.78, 5) is 1.79. The van der Waals surface area contributed by atoms with Crippen molar-refractivity contribution >= 4 is 0 Å². The van der Waals surface area contributed by atoms with Crippen LogP contribution in [0.4, 0.5) is 13.2 Å². The van der Waals surface area contributed by atoms with E-state index in [-0.39, 0.29) is 0 Å². The summed E-state index contributed by atoms with van der Waals surface area (Å²) in [7, 11) is 0. The van der Waals surface area contributed by atoms with Gasteiger partial charge in [0, 0.05) is 0 Å². The minimum absolute atomic E-state index is 0.501. The molecule has 0 fully saturated rings. The third-order valence-electron chi connectivity index (χ3n) is 1.79. The zero-order chi connectivity index (χ0) is 10.5. The molecule has 0 spiro atoms. The van der Waals surface area contributed by atoms with Crippen LogP contribution in [0.2, 0.25) is 0 Å². The van der Waals surface area contributed by atoms with Crippen LogP contribution in [-0.2, 0) is 0 Å². The average Bonchev–Trinajstić information content (AvgIpc) is 2.04. The molecule has 0 aliphatic heterocycles. The van der Waals surface area contributed by atoms with E-state index in [0.29, 0.717) is 6.42 Å². The van der Waals surface area contributed by atoms with E-state index in [4.69, 9.17) is 5.11 Å². The zero-order valence-corrected chi connectivity index (χ0v) is 9.89. The van der Waals surface area contributed by atoms with Gasteiger partial charge in [0.05, 0.1) is 0 Å². The zero-order valence-electron chi connectivity index (χ0n) is 7.74. The van der Waals surface area contributed by atoms with Crippen LogP contribution in [0.3, 0.4) is 0 Å². The molecule has 1 nitrogen and oxygen atoms in total. The Balaban J connectivity index is 4.07. The van der Waals surface area contributed by atoms with Crippen molar-refractivity contribution in [1.29, 1.82) is 0 Å². The molecule has 2 atom stereocenters. The van der Waals surface area contributed by atoms with Crippen LogP contribution in [-0.4, -0.2) is 26.2 Å². The fraction of sp³-hybridized carbons (Fsp3) is 1.00. The van der Waals surface area contributed by atoms with E-state index >= 15 is 0 Å². The Morgan fingerprint density at radius 1 is 1.38 bits per heavy atom. The third kappa shape index (κ3) is 5.05. The maximum absolute atomic E-state index is 12.1. The molecule has 0 saturated heterocycles. The molecule has 0 amide bonds. The number of alkyl halides is 5. The molecule has 0 aliphatic carbocycles. The Labute approximate surface area is 87.0 Å². The van der Waals surface area contributed by atoms with Gasteiger partial charge in [-0.25, -0.2) is 0 Å². The van der Waals surface area contributed by atoms with Gasteiger partial charge in [0.2, 0.25) is 0 Å². The van der Waals surface area contributed by atoms with Crippen molar-refractivity contribution < 1.29 is 39.5 Å². The van der Waals surface area contributed by atoms with Crippen molar-refractivity contribution in [3.05, 3.63) is 0 Å². The molecule has 0 heterocycles. The van der Waals surface area contributed by atoms with Crippen molar-refractivity contribution in [1.82, 2.24) is 0 Å². The van der Waals surface area contributed by atoms with Gasteiger partial charge in [-0.05, 0) is 0 Å². The molecule has 0 aliphatic rings. The molecule has 0 aromatic rings. The molecule has 0 radical (unpaired) electrons. The minimum atomic E-state index is -4.44. The number of halogens is 4. The van der Waals surface area contributed by atoms with E-state index in [1.54, 1.807) is 4.93 Å². The molecule has 0 unspecified atom stereocenters. The van der Waals surface area contributed by atoms with E-state index in [0.717, 1.165) is 12.8 Å². The monoisotopic (exact) mass is 311 g/mol. The molecule has 0 aromatic heterocycles. The van der Waals surface area contributed by atoms with Crippen LogP contribution in [0, 0.1) is 0 Å². The van der Waals surface area contributed by atoms with E-state index < -0.39 is 37.4 Å². The molecule has 0 aromatic carbocycles. The third-order valence-corrected chi connectivity index (χ3v) is 4.70. The Hall–Kier alpha value is 0.480. The number of rotatable bonds is 5. The second-order valence-electron chi connectivity index (χ2n) is 2.86. The van der Waals surface area contributed by atoms with Crippen molar-refractivity contribution in [2.24, 2.45) is 0 Å². The Morgan fingerprint density at radius 2 is 1.92 bits per heavy atom. The number of hydrogen-bond donors (Lipinski definition) is 1. The second kappa shape index (κ2) is 6.06. The first-order chi connectivity index (χ1) is 5.93. The van der Waals surface area contributed by atoms with E-state index in [1.807, 2.05) is 6.92 Å². The van der Waals surface area contributed by atoms with Crippen LogP contribution in [0.1, 0.15) is 26.2 Å². The van der Waals surface area contributed by atoms with E-state index in [2.05, 4.69) is 0 Å². The van der Waals surface area contributed by atoms with Gasteiger partial charge in [0.15, 0.2) is 0 Å². The Kier molecular flexibility index (Phi) is 6.28. The summed E-state index contributed by atoms with van der Waals surface area (Å²) in [6, 6.07) is 0. The predicted octanol–water partition coefficient (Wildman–Crippen LogP) is -0.813. The van der Waals surface area contributed by atoms with Crippen molar-refractivity contribution in [3.63, 3.8) is 0 Å². The van der Waals surface area contributed by atoms with Gasteiger partial charge in [-0.1, -0.05) is 0 Å². The van der Waals surface area contributed by atoms with Gasteiger partial charge in [0.1, 0.15) is 0 Å². The maximum atomic E-state index is 12.1. The quantitative estimate of drug-likeness (QED) is 0.520. The second-order valence-corrected chi connectivity index (χ2v) is 5.71. The number of aliphatic hydroxyl groups excluding tert-OH is 1. The summed E-state index contributed by atoms with van der Waals surface area (Å²) in [5.41, 5.74) is 0. The van der Waals surface area contributed by atoms with Crippen molar-refractivity contribution in [3.8, 4) is 0 Å². The molecule has 0 saturated carbocycles. The summed E-state index contributed by atoms with van der Waals surface area (Å²) in [6.45, 7) is 1.94. The van der Waals surface area contributed by atoms with Gasteiger partial charge in [-0.15, -0.1) is 0 Å². The van der Waals surface area contributed by atoms with Gasteiger partial charge in [-0.2, -0.15) is 0 Å². The first kappa shape index (κ1) is 13.5. The number of hydrogen-bond acceptors (Lipinski definition) is 1. The molecule has 13 heavy (non-hydrogen) atoms. The van der Waals surface area contributed by atoms with Gasteiger partial charge in [0.25, 0.3) is 0 Å². The van der Waals surface area contributed by atoms with Crippen LogP contribution < -0.4 is 21.2 Å². The molecular formula is C8H15F3IO-. The normalized spacial score (nSPS) is 17.4.